The summed E-state index contributed by atoms with van der Waals surface area (Å²) >= 11 is 5.92. The van der Waals surface area contributed by atoms with E-state index in [-0.39, 0.29) is 5.09 Å². The fourth-order valence-corrected chi connectivity index (χ4v) is 2.49. The van der Waals surface area contributed by atoms with Gasteiger partial charge in [-0.3, -0.25) is 0 Å². The van der Waals surface area contributed by atoms with Crippen molar-refractivity contribution < 1.29 is 12.8 Å². The molecule has 0 aliphatic carbocycles. The van der Waals surface area contributed by atoms with Gasteiger partial charge in [0.15, 0.2) is 0 Å². The molecule has 2 rings (SSSR count). The van der Waals surface area contributed by atoms with Crippen LogP contribution in [0.15, 0.2) is 39.8 Å². The first-order valence-corrected chi connectivity index (χ1v) is 7.78. The predicted molar refractivity (Wildman–Crippen MR) is 78.4 cm³/mol. The van der Waals surface area contributed by atoms with Crippen LogP contribution in [0, 0.1) is 11.3 Å². The van der Waals surface area contributed by atoms with Crippen LogP contribution in [0.5, 0.6) is 0 Å². The average Bonchev–Trinajstić information content (AvgIpc) is 2.95. The molecule has 0 bridgehead atoms. The zero-order valence-electron chi connectivity index (χ0n) is 11.1. The topological polar surface area (TPSA) is 95.1 Å². The molecule has 1 aromatic carbocycles. The van der Waals surface area contributed by atoms with Crippen LogP contribution in [-0.2, 0) is 16.6 Å². The second-order valence-corrected chi connectivity index (χ2v) is 6.31. The summed E-state index contributed by atoms with van der Waals surface area (Å²) in [5, 5.41) is 12.0. The van der Waals surface area contributed by atoms with E-state index < -0.39 is 10.0 Å². The van der Waals surface area contributed by atoms with Gasteiger partial charge in [-0.2, -0.15) is 5.26 Å². The highest BCUT2D eigenvalue weighted by atomic mass is 35.5. The van der Waals surface area contributed by atoms with E-state index in [1.54, 1.807) is 24.3 Å². The molecule has 0 aliphatic rings. The highest BCUT2D eigenvalue weighted by molar-refractivity contribution is 7.89. The lowest BCUT2D eigenvalue weighted by Crippen LogP contribution is -2.17. The van der Waals surface area contributed by atoms with Gasteiger partial charge < -0.3 is 9.73 Å². The van der Waals surface area contributed by atoms with Gasteiger partial charge in [0.1, 0.15) is 11.8 Å². The molecule has 0 amide bonds. The minimum absolute atomic E-state index is 0.139. The molecule has 1 aromatic heterocycles. The number of rotatable bonds is 5. The molecule has 0 spiro atoms. The quantitative estimate of drug-likeness (QED) is 0.879. The average molecular weight is 326 g/mol. The summed E-state index contributed by atoms with van der Waals surface area (Å²) in [7, 11) is -2.26. The normalized spacial score (nSPS) is 11.1. The van der Waals surface area contributed by atoms with Crippen molar-refractivity contribution in [2.24, 2.45) is 0 Å². The van der Waals surface area contributed by atoms with E-state index in [1.165, 1.54) is 13.1 Å². The van der Waals surface area contributed by atoms with Gasteiger partial charge in [-0.25, -0.2) is 13.1 Å². The molecule has 2 N–H and O–H groups in total. The standard InChI is InChI=1S/C13H12ClN3O3S/c1-16-21(18,19)13-5-4-11(20-13)8-17-10-3-2-9(7-15)12(14)6-10/h2-6,16-17H,8H2,1H3. The van der Waals surface area contributed by atoms with Gasteiger partial charge in [0.05, 0.1) is 17.1 Å². The Balaban J connectivity index is 2.07. The van der Waals surface area contributed by atoms with Crippen LogP contribution in [0.1, 0.15) is 11.3 Å². The van der Waals surface area contributed by atoms with Crippen molar-refractivity contribution in [1.29, 1.82) is 5.26 Å². The van der Waals surface area contributed by atoms with E-state index >= 15 is 0 Å². The third kappa shape index (κ3) is 3.55. The summed E-state index contributed by atoms with van der Waals surface area (Å²) in [6, 6.07) is 9.85. The van der Waals surface area contributed by atoms with Gasteiger partial charge in [0, 0.05) is 5.69 Å². The lowest BCUT2D eigenvalue weighted by molar-refractivity contribution is 0.417. The maximum absolute atomic E-state index is 11.5. The Hall–Kier alpha value is -2.01. The number of nitrogens with one attached hydrogen (secondary N) is 2. The zero-order valence-corrected chi connectivity index (χ0v) is 12.6. The van der Waals surface area contributed by atoms with Crippen LogP contribution in [0.25, 0.3) is 0 Å². The third-order valence-electron chi connectivity index (χ3n) is 2.73. The van der Waals surface area contributed by atoms with Crippen LogP contribution in [0.2, 0.25) is 5.02 Å². The Morgan fingerprint density at radius 3 is 2.71 bits per heavy atom. The minimum atomic E-state index is -3.58. The van der Waals surface area contributed by atoms with Crippen LogP contribution >= 0.6 is 11.6 Å². The van der Waals surface area contributed by atoms with E-state index in [0.29, 0.717) is 28.6 Å². The minimum Gasteiger partial charge on any atom is -0.446 e. The summed E-state index contributed by atoms with van der Waals surface area (Å²) in [6.07, 6.45) is 0. The molecule has 0 unspecified atom stereocenters. The Morgan fingerprint density at radius 1 is 1.33 bits per heavy atom. The first-order valence-electron chi connectivity index (χ1n) is 5.92. The van der Waals surface area contributed by atoms with Gasteiger partial charge in [-0.15, -0.1) is 0 Å². The number of benzene rings is 1. The molecular formula is C13H12ClN3O3S. The van der Waals surface area contributed by atoms with Gasteiger partial charge in [-0.1, -0.05) is 11.6 Å². The molecule has 21 heavy (non-hydrogen) atoms. The number of nitrogens with zero attached hydrogens (tertiary/aromatic N) is 1. The Morgan fingerprint density at radius 2 is 2.10 bits per heavy atom. The fourth-order valence-electron chi connectivity index (χ4n) is 1.60. The van der Waals surface area contributed by atoms with Gasteiger partial charge >= 0.3 is 0 Å². The first kappa shape index (κ1) is 15.4. The maximum atomic E-state index is 11.5. The smallest absolute Gasteiger partial charge is 0.273 e. The molecule has 6 nitrogen and oxygen atoms in total. The number of sulfonamides is 1. The third-order valence-corrected chi connectivity index (χ3v) is 4.33. The van der Waals surface area contributed by atoms with Crippen molar-refractivity contribution in [1.82, 2.24) is 4.72 Å². The number of nitriles is 1. The van der Waals surface area contributed by atoms with Crippen LogP contribution in [0.4, 0.5) is 5.69 Å². The molecule has 0 atom stereocenters. The van der Waals surface area contributed by atoms with Crippen LogP contribution in [-0.4, -0.2) is 15.5 Å². The van der Waals surface area contributed by atoms with Crippen molar-refractivity contribution in [2.45, 2.75) is 11.6 Å². The Labute approximate surface area is 127 Å². The second-order valence-electron chi connectivity index (χ2n) is 4.09. The lowest BCUT2D eigenvalue weighted by Gasteiger charge is -2.05. The van der Waals surface area contributed by atoms with E-state index in [1.807, 2.05) is 6.07 Å². The summed E-state index contributed by atoms with van der Waals surface area (Å²) < 4.78 is 30.5. The maximum Gasteiger partial charge on any atom is 0.273 e. The number of hydrogen-bond acceptors (Lipinski definition) is 5. The largest absolute Gasteiger partial charge is 0.446 e. The highest BCUT2D eigenvalue weighted by Crippen LogP contribution is 2.21. The SMILES string of the molecule is CNS(=O)(=O)c1ccc(CNc2ccc(C#N)c(Cl)c2)o1. The summed E-state index contributed by atoms with van der Waals surface area (Å²) in [6.45, 7) is 0.293. The van der Waals surface area contributed by atoms with E-state index in [4.69, 9.17) is 21.3 Å². The van der Waals surface area contributed by atoms with Crippen molar-refractivity contribution in [3.05, 3.63) is 46.7 Å². The molecule has 0 fully saturated rings. The molecule has 0 saturated carbocycles. The summed E-state index contributed by atoms with van der Waals surface area (Å²) in [4.78, 5) is 0. The first-order chi connectivity index (χ1) is 9.96. The number of anilines is 1. The number of halogens is 1. The van der Waals surface area contributed by atoms with Crippen molar-refractivity contribution in [3.8, 4) is 6.07 Å². The summed E-state index contributed by atoms with van der Waals surface area (Å²) in [5.41, 5.74) is 1.09. The van der Waals surface area contributed by atoms with E-state index in [9.17, 15) is 8.42 Å². The van der Waals surface area contributed by atoms with E-state index in [0.717, 1.165) is 0 Å². The molecular weight excluding hydrogens is 314 g/mol. The van der Waals surface area contributed by atoms with Gasteiger partial charge in [0.2, 0.25) is 5.09 Å². The van der Waals surface area contributed by atoms with Crippen molar-refractivity contribution in [2.75, 3.05) is 12.4 Å². The van der Waals surface area contributed by atoms with Crippen molar-refractivity contribution in [3.63, 3.8) is 0 Å². The molecule has 2 aromatic rings. The lowest BCUT2D eigenvalue weighted by atomic mass is 10.2. The van der Waals surface area contributed by atoms with Gasteiger partial charge in [-0.05, 0) is 37.4 Å². The Kier molecular flexibility index (Phi) is 4.53. The fraction of sp³-hybridized carbons (Fsp3) is 0.154. The number of hydrogen-bond donors (Lipinski definition) is 2. The van der Waals surface area contributed by atoms with Crippen LogP contribution < -0.4 is 10.0 Å². The highest BCUT2D eigenvalue weighted by Gasteiger charge is 2.16. The van der Waals surface area contributed by atoms with E-state index in [2.05, 4.69) is 10.0 Å². The molecule has 0 saturated heterocycles. The second kappa shape index (κ2) is 6.18. The molecule has 110 valence electrons. The number of furan rings is 1. The van der Waals surface area contributed by atoms with Crippen LogP contribution in [0.3, 0.4) is 0 Å². The molecule has 1 heterocycles. The zero-order chi connectivity index (χ0) is 15.5. The van der Waals surface area contributed by atoms with Crippen molar-refractivity contribution >= 4 is 27.3 Å². The molecule has 0 aliphatic heterocycles. The molecule has 8 heteroatoms. The molecule has 0 radical (unpaired) electrons. The Bertz CT molecular complexity index is 793. The predicted octanol–water partition coefficient (Wildman–Crippen LogP) is 2.32. The monoisotopic (exact) mass is 325 g/mol. The summed E-state index contributed by atoms with van der Waals surface area (Å²) in [5.74, 6) is 0.462. The van der Waals surface area contributed by atoms with Gasteiger partial charge in [0.25, 0.3) is 10.0 Å².